The van der Waals surface area contributed by atoms with Crippen LogP contribution in [0.25, 0.3) is 0 Å². The summed E-state index contributed by atoms with van der Waals surface area (Å²) in [6.07, 6.45) is 6.44. The highest BCUT2D eigenvalue weighted by Crippen LogP contribution is 2.09. The Kier molecular flexibility index (Phi) is 7.42. The van der Waals surface area contributed by atoms with Crippen LogP contribution < -0.4 is 0 Å². The molecule has 0 amide bonds. The Balaban J connectivity index is 2.95. The van der Waals surface area contributed by atoms with E-state index in [1.54, 1.807) is 0 Å². The third-order valence-electron chi connectivity index (χ3n) is 1.37. The van der Waals surface area contributed by atoms with E-state index in [0.29, 0.717) is 0 Å². The fraction of sp³-hybridized carbons (Fsp3) is 0.750. The number of rotatable bonds is 6. The minimum absolute atomic E-state index is 0.244. The molecule has 0 saturated heterocycles. The van der Waals surface area contributed by atoms with Crippen molar-refractivity contribution in [2.45, 2.75) is 30.5 Å². The molecule has 0 aliphatic carbocycles. The number of halogens is 1. The summed E-state index contributed by atoms with van der Waals surface area (Å²) in [5.41, 5.74) is 0. The van der Waals surface area contributed by atoms with Gasteiger partial charge in [-0.3, -0.25) is 0 Å². The molecule has 1 unspecified atom stereocenters. The van der Waals surface area contributed by atoms with Crippen molar-refractivity contribution in [2.24, 2.45) is 0 Å². The van der Waals surface area contributed by atoms with E-state index in [4.69, 9.17) is 5.11 Å². The van der Waals surface area contributed by atoms with Gasteiger partial charge in [-0.25, -0.2) is 0 Å². The third kappa shape index (κ3) is 6.30. The highest BCUT2D eigenvalue weighted by Gasteiger charge is 1.99. The van der Waals surface area contributed by atoms with Gasteiger partial charge in [0.1, 0.15) is 0 Å². The minimum Gasteiger partial charge on any atom is -0.395 e. The molecule has 0 rings (SSSR count). The molecule has 0 radical (unpaired) electrons. The first-order valence-corrected chi connectivity index (χ1v) is 4.58. The number of alkyl halides is 1. The average Bonchev–Trinajstić information content (AvgIpc) is 1.98. The molecule has 0 aromatic heterocycles. The number of aliphatic hydroxyl groups is 1. The van der Waals surface area contributed by atoms with Gasteiger partial charge in [0.05, 0.1) is 6.61 Å². The summed E-state index contributed by atoms with van der Waals surface area (Å²) in [5, 5.41) is 8.62. The van der Waals surface area contributed by atoms with Crippen LogP contribution in [0.3, 0.4) is 0 Å². The second-order valence-corrected chi connectivity index (χ2v) is 3.65. The molecule has 0 aliphatic heterocycles. The first kappa shape index (κ1) is 10.2. The van der Waals surface area contributed by atoms with Crippen LogP contribution in [0.2, 0.25) is 0 Å². The minimum atomic E-state index is 0.244. The lowest BCUT2D eigenvalue weighted by molar-refractivity contribution is 0.291. The van der Waals surface area contributed by atoms with Gasteiger partial charge in [0.15, 0.2) is 0 Å². The van der Waals surface area contributed by atoms with Crippen molar-refractivity contribution in [3.8, 4) is 0 Å². The maximum Gasteiger partial charge on any atom is 0.0556 e. The predicted molar refractivity (Wildman–Crippen MR) is 48.5 cm³/mol. The van der Waals surface area contributed by atoms with Crippen LogP contribution in [0.15, 0.2) is 12.7 Å². The van der Waals surface area contributed by atoms with E-state index in [1.165, 1.54) is 12.8 Å². The van der Waals surface area contributed by atoms with E-state index in [0.717, 1.165) is 12.8 Å². The molecule has 1 atom stereocenters. The van der Waals surface area contributed by atoms with Gasteiger partial charge < -0.3 is 5.11 Å². The number of hydrogen-bond donors (Lipinski definition) is 1. The number of aliphatic hydroxyl groups excluding tert-OH is 1. The lowest BCUT2D eigenvalue weighted by atomic mass is 10.1. The highest BCUT2D eigenvalue weighted by molar-refractivity contribution is 9.09. The van der Waals surface area contributed by atoms with E-state index in [1.807, 2.05) is 6.08 Å². The normalized spacial score (nSPS) is 13.0. The zero-order valence-electron chi connectivity index (χ0n) is 6.22. The molecule has 60 valence electrons. The van der Waals surface area contributed by atoms with Gasteiger partial charge in [-0.1, -0.05) is 28.4 Å². The molecule has 0 saturated carbocycles. The van der Waals surface area contributed by atoms with E-state index in [-0.39, 0.29) is 11.4 Å². The van der Waals surface area contributed by atoms with Gasteiger partial charge in [0, 0.05) is 4.83 Å². The maximum atomic E-state index is 8.62. The zero-order valence-corrected chi connectivity index (χ0v) is 7.81. The largest absolute Gasteiger partial charge is 0.395 e. The Labute approximate surface area is 71.3 Å². The lowest BCUT2D eigenvalue weighted by Gasteiger charge is -2.03. The SMILES string of the molecule is C=CCCCCC(Br)CO. The first-order valence-electron chi connectivity index (χ1n) is 3.67. The van der Waals surface area contributed by atoms with Crippen molar-refractivity contribution < 1.29 is 5.11 Å². The Morgan fingerprint density at radius 2 is 2.20 bits per heavy atom. The summed E-state index contributed by atoms with van der Waals surface area (Å²) in [7, 11) is 0. The summed E-state index contributed by atoms with van der Waals surface area (Å²) in [6.45, 7) is 3.88. The highest BCUT2D eigenvalue weighted by atomic mass is 79.9. The van der Waals surface area contributed by atoms with Crippen molar-refractivity contribution in [1.82, 2.24) is 0 Å². The van der Waals surface area contributed by atoms with Crippen LogP contribution >= 0.6 is 15.9 Å². The van der Waals surface area contributed by atoms with Gasteiger partial charge in [0.2, 0.25) is 0 Å². The number of unbranched alkanes of at least 4 members (excludes halogenated alkanes) is 2. The molecular formula is C8H15BrO. The zero-order chi connectivity index (χ0) is 7.82. The molecule has 0 fully saturated rings. The predicted octanol–water partition coefficient (Wildman–Crippen LogP) is 2.49. The monoisotopic (exact) mass is 206 g/mol. The second kappa shape index (κ2) is 7.29. The van der Waals surface area contributed by atoms with Crippen LogP contribution in [0, 0.1) is 0 Å². The summed E-state index contributed by atoms with van der Waals surface area (Å²) in [4.78, 5) is 0.289. The summed E-state index contributed by atoms with van der Waals surface area (Å²) in [6, 6.07) is 0. The van der Waals surface area contributed by atoms with Crippen molar-refractivity contribution in [1.29, 1.82) is 0 Å². The smallest absolute Gasteiger partial charge is 0.0556 e. The molecule has 0 spiro atoms. The van der Waals surface area contributed by atoms with Crippen LogP contribution in [-0.2, 0) is 0 Å². The standard InChI is InChI=1S/C8H15BrO/c1-2-3-4-5-6-8(9)7-10/h2,8,10H,1,3-7H2. The van der Waals surface area contributed by atoms with Gasteiger partial charge in [-0.2, -0.15) is 0 Å². The summed E-state index contributed by atoms with van der Waals surface area (Å²) in [5.74, 6) is 0. The van der Waals surface area contributed by atoms with Crippen molar-refractivity contribution in [2.75, 3.05) is 6.61 Å². The molecular weight excluding hydrogens is 192 g/mol. The molecule has 1 nitrogen and oxygen atoms in total. The van der Waals surface area contributed by atoms with E-state index >= 15 is 0 Å². The Morgan fingerprint density at radius 1 is 1.50 bits per heavy atom. The van der Waals surface area contributed by atoms with Crippen LogP contribution in [0.5, 0.6) is 0 Å². The average molecular weight is 207 g/mol. The van der Waals surface area contributed by atoms with Gasteiger partial charge >= 0.3 is 0 Å². The van der Waals surface area contributed by atoms with E-state index in [2.05, 4.69) is 22.5 Å². The maximum absolute atomic E-state index is 8.62. The fourth-order valence-corrected chi connectivity index (χ4v) is 1.07. The quantitative estimate of drug-likeness (QED) is 0.403. The van der Waals surface area contributed by atoms with Gasteiger partial charge in [0.25, 0.3) is 0 Å². The van der Waals surface area contributed by atoms with Crippen LogP contribution in [0.1, 0.15) is 25.7 Å². The molecule has 0 aromatic rings. The van der Waals surface area contributed by atoms with Crippen LogP contribution in [-0.4, -0.2) is 16.5 Å². The van der Waals surface area contributed by atoms with Crippen LogP contribution in [0.4, 0.5) is 0 Å². The summed E-state index contributed by atoms with van der Waals surface area (Å²) >= 11 is 3.35. The molecule has 0 bridgehead atoms. The molecule has 0 aliphatic rings. The summed E-state index contributed by atoms with van der Waals surface area (Å²) < 4.78 is 0. The fourth-order valence-electron chi connectivity index (χ4n) is 0.746. The van der Waals surface area contributed by atoms with Crippen molar-refractivity contribution in [3.05, 3.63) is 12.7 Å². The van der Waals surface area contributed by atoms with Crippen molar-refractivity contribution >= 4 is 15.9 Å². The number of allylic oxidation sites excluding steroid dienone is 1. The van der Waals surface area contributed by atoms with Crippen molar-refractivity contribution in [3.63, 3.8) is 0 Å². The van der Waals surface area contributed by atoms with E-state index < -0.39 is 0 Å². The first-order chi connectivity index (χ1) is 4.81. The third-order valence-corrected chi connectivity index (χ3v) is 2.12. The molecule has 0 aromatic carbocycles. The molecule has 10 heavy (non-hydrogen) atoms. The molecule has 2 heteroatoms. The lowest BCUT2D eigenvalue weighted by Crippen LogP contribution is -2.02. The number of hydrogen-bond acceptors (Lipinski definition) is 1. The Hall–Kier alpha value is 0.180. The molecule has 0 heterocycles. The topological polar surface area (TPSA) is 20.2 Å². The second-order valence-electron chi connectivity index (χ2n) is 2.35. The van der Waals surface area contributed by atoms with Gasteiger partial charge in [-0.05, 0) is 19.3 Å². The molecule has 1 N–H and O–H groups in total. The van der Waals surface area contributed by atoms with E-state index in [9.17, 15) is 0 Å². The Bertz CT molecular complexity index is 83.3. The van der Waals surface area contributed by atoms with Gasteiger partial charge in [-0.15, -0.1) is 6.58 Å². The Morgan fingerprint density at radius 3 is 2.70 bits per heavy atom.